The van der Waals surface area contributed by atoms with Crippen molar-refractivity contribution in [3.05, 3.63) is 36.8 Å². The molecule has 0 aliphatic rings. The molecule has 2 heterocycles. The summed E-state index contributed by atoms with van der Waals surface area (Å²) in [5, 5.41) is 14.6. The van der Waals surface area contributed by atoms with E-state index in [9.17, 15) is 0 Å². The van der Waals surface area contributed by atoms with Crippen molar-refractivity contribution in [3.63, 3.8) is 0 Å². The number of nitrogens with one attached hydrogen (secondary N) is 2. The lowest BCUT2D eigenvalue weighted by Gasteiger charge is -2.06. The van der Waals surface area contributed by atoms with Crippen molar-refractivity contribution in [1.82, 2.24) is 15.0 Å². The van der Waals surface area contributed by atoms with Crippen molar-refractivity contribution in [2.45, 2.75) is 6.42 Å². The Morgan fingerprint density at radius 2 is 2.00 bits per heavy atom. The molecule has 2 aromatic heterocycles. The zero-order valence-corrected chi connectivity index (χ0v) is 9.67. The van der Waals surface area contributed by atoms with Crippen molar-refractivity contribution in [3.8, 4) is 6.07 Å². The second-order valence-corrected chi connectivity index (χ2v) is 3.46. The highest BCUT2D eigenvalue weighted by Gasteiger charge is 1.99. The van der Waals surface area contributed by atoms with Crippen LogP contribution >= 0.6 is 0 Å². The van der Waals surface area contributed by atoms with Gasteiger partial charge in [0.25, 0.3) is 0 Å². The van der Waals surface area contributed by atoms with E-state index in [0.717, 1.165) is 5.82 Å². The van der Waals surface area contributed by atoms with Crippen LogP contribution in [0.3, 0.4) is 0 Å². The second kappa shape index (κ2) is 6.15. The van der Waals surface area contributed by atoms with Gasteiger partial charge in [-0.25, -0.2) is 15.0 Å². The molecule has 0 aliphatic carbocycles. The zero-order chi connectivity index (χ0) is 12.6. The summed E-state index contributed by atoms with van der Waals surface area (Å²) >= 11 is 0. The second-order valence-electron chi connectivity index (χ2n) is 3.46. The van der Waals surface area contributed by atoms with E-state index >= 15 is 0 Å². The highest BCUT2D eigenvalue weighted by Crippen LogP contribution is 2.13. The fourth-order valence-corrected chi connectivity index (χ4v) is 1.34. The third-order valence-corrected chi connectivity index (χ3v) is 2.13. The maximum Gasteiger partial charge on any atom is 0.137 e. The minimum absolute atomic E-state index is 0.438. The Kier molecular flexibility index (Phi) is 4.03. The SMILES string of the molecule is N#CCCNc1cc(Nc2ccccn2)ncn1. The lowest BCUT2D eigenvalue weighted by Crippen LogP contribution is -2.04. The molecule has 2 N–H and O–H groups in total. The fraction of sp³-hybridized carbons (Fsp3) is 0.167. The molecule has 0 unspecified atom stereocenters. The smallest absolute Gasteiger partial charge is 0.137 e. The number of rotatable bonds is 5. The van der Waals surface area contributed by atoms with E-state index in [1.807, 2.05) is 18.2 Å². The van der Waals surface area contributed by atoms with Gasteiger partial charge in [0.05, 0.1) is 12.5 Å². The molecule has 0 amide bonds. The lowest BCUT2D eigenvalue weighted by molar-refractivity contribution is 1.04. The van der Waals surface area contributed by atoms with Crippen molar-refractivity contribution in [2.75, 3.05) is 17.2 Å². The fourth-order valence-electron chi connectivity index (χ4n) is 1.34. The van der Waals surface area contributed by atoms with E-state index in [1.165, 1.54) is 6.33 Å². The summed E-state index contributed by atoms with van der Waals surface area (Å²) in [6, 6.07) is 9.42. The van der Waals surface area contributed by atoms with E-state index in [4.69, 9.17) is 5.26 Å². The zero-order valence-electron chi connectivity index (χ0n) is 9.67. The lowest BCUT2D eigenvalue weighted by atomic mass is 10.4. The summed E-state index contributed by atoms with van der Waals surface area (Å²) in [4.78, 5) is 12.3. The molecular formula is C12H12N6. The Labute approximate surface area is 105 Å². The first kappa shape index (κ1) is 11.8. The minimum atomic E-state index is 0.438. The maximum absolute atomic E-state index is 8.45. The Bertz CT molecular complexity index is 534. The van der Waals surface area contributed by atoms with Gasteiger partial charge >= 0.3 is 0 Å². The van der Waals surface area contributed by atoms with E-state index < -0.39 is 0 Å². The van der Waals surface area contributed by atoms with Gasteiger partial charge in [0, 0.05) is 18.8 Å². The third kappa shape index (κ3) is 3.42. The average Bonchev–Trinajstić information content (AvgIpc) is 2.41. The molecule has 0 spiro atoms. The van der Waals surface area contributed by atoms with Crippen LogP contribution in [0, 0.1) is 11.3 Å². The number of pyridine rings is 1. The third-order valence-electron chi connectivity index (χ3n) is 2.13. The van der Waals surface area contributed by atoms with Gasteiger partial charge in [-0.2, -0.15) is 5.26 Å². The summed E-state index contributed by atoms with van der Waals surface area (Å²) in [5.74, 6) is 2.06. The summed E-state index contributed by atoms with van der Waals surface area (Å²) < 4.78 is 0. The normalized spacial score (nSPS) is 9.50. The van der Waals surface area contributed by atoms with Crippen LogP contribution in [0.25, 0.3) is 0 Å². The minimum Gasteiger partial charge on any atom is -0.369 e. The molecule has 6 nitrogen and oxygen atoms in total. The van der Waals surface area contributed by atoms with Gasteiger partial charge in [-0.05, 0) is 12.1 Å². The number of nitriles is 1. The number of hydrogen-bond acceptors (Lipinski definition) is 6. The predicted molar refractivity (Wildman–Crippen MR) is 68.3 cm³/mol. The van der Waals surface area contributed by atoms with Gasteiger partial charge in [0.15, 0.2) is 0 Å². The standard InChI is InChI=1S/C12H12N6/c13-5-3-7-15-11-8-12(17-9-16-11)18-10-4-1-2-6-14-10/h1-2,4,6,8-9H,3,7H2,(H2,14,15,16,17,18). The first-order valence-corrected chi connectivity index (χ1v) is 5.49. The molecule has 0 saturated carbocycles. The van der Waals surface area contributed by atoms with Crippen LogP contribution in [0.4, 0.5) is 17.5 Å². The number of aromatic nitrogens is 3. The molecule has 0 aliphatic heterocycles. The molecule has 0 atom stereocenters. The van der Waals surface area contributed by atoms with Crippen LogP contribution in [-0.2, 0) is 0 Å². The molecule has 0 saturated heterocycles. The maximum atomic E-state index is 8.45. The summed E-state index contributed by atoms with van der Waals surface area (Å²) in [6.45, 7) is 0.566. The van der Waals surface area contributed by atoms with Crippen LogP contribution in [-0.4, -0.2) is 21.5 Å². The van der Waals surface area contributed by atoms with Crippen molar-refractivity contribution < 1.29 is 0 Å². The van der Waals surface area contributed by atoms with Crippen molar-refractivity contribution in [2.24, 2.45) is 0 Å². The molecule has 18 heavy (non-hydrogen) atoms. The van der Waals surface area contributed by atoms with Gasteiger partial charge in [0.1, 0.15) is 23.8 Å². The van der Waals surface area contributed by atoms with Gasteiger partial charge < -0.3 is 10.6 Å². The topological polar surface area (TPSA) is 86.5 Å². The summed E-state index contributed by atoms with van der Waals surface area (Å²) in [6.07, 6.45) is 3.60. The van der Waals surface area contributed by atoms with Crippen LogP contribution in [0.5, 0.6) is 0 Å². The van der Waals surface area contributed by atoms with Crippen LogP contribution in [0.1, 0.15) is 6.42 Å². The first-order chi connectivity index (χ1) is 8.88. The number of nitrogens with zero attached hydrogens (tertiary/aromatic N) is 4. The van der Waals surface area contributed by atoms with E-state index in [-0.39, 0.29) is 0 Å². The average molecular weight is 240 g/mol. The van der Waals surface area contributed by atoms with E-state index in [1.54, 1.807) is 12.3 Å². The van der Waals surface area contributed by atoms with Crippen molar-refractivity contribution >= 4 is 17.5 Å². The first-order valence-electron chi connectivity index (χ1n) is 5.49. The van der Waals surface area contributed by atoms with Crippen LogP contribution in [0.15, 0.2) is 36.8 Å². The van der Waals surface area contributed by atoms with Gasteiger partial charge in [-0.15, -0.1) is 0 Å². The summed E-state index contributed by atoms with van der Waals surface area (Å²) in [5.41, 5.74) is 0. The van der Waals surface area contributed by atoms with E-state index in [2.05, 4.69) is 31.7 Å². The molecule has 0 bridgehead atoms. The largest absolute Gasteiger partial charge is 0.369 e. The van der Waals surface area contributed by atoms with Gasteiger partial charge in [0.2, 0.25) is 0 Å². The van der Waals surface area contributed by atoms with Gasteiger partial charge in [-0.1, -0.05) is 6.07 Å². The Hall–Kier alpha value is -2.68. The molecule has 2 aromatic rings. The molecule has 6 heteroatoms. The summed E-state index contributed by atoms with van der Waals surface area (Å²) in [7, 11) is 0. The number of hydrogen-bond donors (Lipinski definition) is 2. The van der Waals surface area contributed by atoms with E-state index in [0.29, 0.717) is 24.6 Å². The predicted octanol–water partition coefficient (Wildman–Crippen LogP) is 1.94. The number of anilines is 3. The van der Waals surface area contributed by atoms with Crippen LogP contribution in [0.2, 0.25) is 0 Å². The Balaban J connectivity index is 2.01. The molecule has 0 aromatic carbocycles. The molecular weight excluding hydrogens is 228 g/mol. The van der Waals surface area contributed by atoms with Crippen molar-refractivity contribution in [1.29, 1.82) is 5.26 Å². The van der Waals surface area contributed by atoms with Gasteiger partial charge in [-0.3, -0.25) is 0 Å². The Morgan fingerprint density at radius 1 is 1.11 bits per heavy atom. The Morgan fingerprint density at radius 3 is 2.78 bits per heavy atom. The highest BCUT2D eigenvalue weighted by molar-refractivity contribution is 5.55. The quantitative estimate of drug-likeness (QED) is 0.777. The molecule has 0 radical (unpaired) electrons. The highest BCUT2D eigenvalue weighted by atomic mass is 15.1. The molecule has 2 rings (SSSR count). The monoisotopic (exact) mass is 240 g/mol. The molecule has 0 fully saturated rings. The molecule has 90 valence electrons. The van der Waals surface area contributed by atoms with Crippen LogP contribution < -0.4 is 10.6 Å².